The molecule has 2 unspecified atom stereocenters. The van der Waals surface area contributed by atoms with Crippen molar-refractivity contribution in [3.05, 3.63) is 12.7 Å². The molecule has 0 fully saturated rings. The first kappa shape index (κ1) is 23.2. The molecule has 0 radical (unpaired) electrons. The highest BCUT2D eigenvalue weighted by atomic mass is 16.5. The topological polar surface area (TPSA) is 81.8 Å². The van der Waals surface area contributed by atoms with E-state index < -0.39 is 16.9 Å². The minimum Gasteiger partial charge on any atom is -0.376 e. The minimum atomic E-state index is -1.23. The van der Waals surface area contributed by atoms with Gasteiger partial charge in [-0.05, 0) is 52.0 Å². The lowest BCUT2D eigenvalue weighted by Gasteiger charge is -2.46. The second-order valence-corrected chi connectivity index (χ2v) is 8.48. The molecule has 142 valence electrons. The van der Waals surface area contributed by atoms with Crippen LogP contribution in [-0.4, -0.2) is 41.0 Å². The first-order chi connectivity index (χ1) is 10.6. The molecule has 0 aromatic rings. The molecule has 0 aliphatic rings. The van der Waals surface area contributed by atoms with Gasteiger partial charge in [0, 0.05) is 6.42 Å². The first-order valence-electron chi connectivity index (χ1n) is 8.53. The summed E-state index contributed by atoms with van der Waals surface area (Å²) in [7, 11) is 0. The summed E-state index contributed by atoms with van der Waals surface area (Å²) in [6.07, 6.45) is 1.65. The molecule has 0 aliphatic heterocycles. The van der Waals surface area contributed by atoms with Crippen LogP contribution in [0.5, 0.6) is 0 Å². The fraction of sp³-hybridized carbons (Fsp3) is 0.842. The van der Waals surface area contributed by atoms with Crippen molar-refractivity contribution < 1.29 is 19.4 Å². The van der Waals surface area contributed by atoms with E-state index in [1.54, 1.807) is 20.8 Å². The molecule has 5 heteroatoms. The van der Waals surface area contributed by atoms with Gasteiger partial charge in [-0.3, -0.25) is 4.79 Å². The summed E-state index contributed by atoms with van der Waals surface area (Å²) in [6, 6.07) is 0. The molecule has 2 atom stereocenters. The van der Waals surface area contributed by atoms with Crippen LogP contribution in [0.4, 0.5) is 0 Å². The molecular weight excluding hydrogens is 306 g/mol. The summed E-state index contributed by atoms with van der Waals surface area (Å²) in [5.41, 5.74) is 2.80. The lowest BCUT2D eigenvalue weighted by atomic mass is 9.68. The van der Waals surface area contributed by atoms with Crippen LogP contribution >= 0.6 is 0 Å². The Balaban J connectivity index is 4.82. The lowest BCUT2D eigenvalue weighted by Crippen LogP contribution is -2.49. The quantitative estimate of drug-likeness (QED) is 0.445. The summed E-state index contributed by atoms with van der Waals surface area (Å²) in [5.74, 6) is 0.0102. The van der Waals surface area contributed by atoms with Gasteiger partial charge in [-0.25, -0.2) is 0 Å². The first-order valence-corrected chi connectivity index (χ1v) is 8.53. The molecule has 3 N–H and O–H groups in total. The van der Waals surface area contributed by atoms with Crippen molar-refractivity contribution in [2.45, 2.75) is 78.7 Å². The van der Waals surface area contributed by atoms with Crippen molar-refractivity contribution in [1.29, 1.82) is 0 Å². The Labute approximate surface area is 147 Å². The fourth-order valence-corrected chi connectivity index (χ4v) is 2.15. The monoisotopic (exact) mass is 343 g/mol. The van der Waals surface area contributed by atoms with Crippen molar-refractivity contribution in [1.82, 2.24) is 0 Å². The number of hydrogen-bond acceptors (Lipinski definition) is 5. The third kappa shape index (κ3) is 6.63. The smallest absolute Gasteiger partial charge is 0.186 e. The van der Waals surface area contributed by atoms with Crippen LogP contribution in [0, 0.1) is 11.3 Å². The number of carbonyl (C=O) groups excluding carboxylic acids is 1. The van der Waals surface area contributed by atoms with E-state index in [9.17, 15) is 9.90 Å². The molecule has 0 aromatic carbocycles. The van der Waals surface area contributed by atoms with Gasteiger partial charge >= 0.3 is 0 Å². The summed E-state index contributed by atoms with van der Waals surface area (Å²) < 4.78 is 11.9. The molecule has 0 saturated heterocycles. The molecule has 0 aromatic heterocycles. The molecule has 0 saturated carbocycles. The van der Waals surface area contributed by atoms with Gasteiger partial charge in [0.2, 0.25) is 0 Å². The van der Waals surface area contributed by atoms with Crippen molar-refractivity contribution in [2.24, 2.45) is 17.1 Å². The van der Waals surface area contributed by atoms with Crippen molar-refractivity contribution in [3.63, 3.8) is 0 Å². The molecule has 0 rings (SSSR count). The van der Waals surface area contributed by atoms with Crippen LogP contribution in [0.3, 0.4) is 0 Å². The number of hydrogen-bond donors (Lipinski definition) is 2. The van der Waals surface area contributed by atoms with Crippen LogP contribution in [0.1, 0.15) is 61.8 Å². The Morgan fingerprint density at radius 3 is 2.08 bits per heavy atom. The predicted molar refractivity (Wildman–Crippen MR) is 97.6 cm³/mol. The van der Waals surface area contributed by atoms with Gasteiger partial charge in [-0.15, -0.1) is 0 Å². The maximum Gasteiger partial charge on any atom is 0.186 e. The van der Waals surface area contributed by atoms with Crippen molar-refractivity contribution in [2.75, 3.05) is 13.2 Å². The molecule has 0 bridgehead atoms. The van der Waals surface area contributed by atoms with Gasteiger partial charge in [-0.1, -0.05) is 27.4 Å². The van der Waals surface area contributed by atoms with Crippen LogP contribution in [0.15, 0.2) is 12.7 Å². The zero-order chi connectivity index (χ0) is 19.4. The number of ketones is 1. The number of aliphatic hydroxyl groups is 1. The van der Waals surface area contributed by atoms with Crippen LogP contribution < -0.4 is 5.73 Å². The third-order valence-electron chi connectivity index (χ3n) is 5.33. The van der Waals surface area contributed by atoms with E-state index in [1.807, 2.05) is 13.8 Å². The van der Waals surface area contributed by atoms with Gasteiger partial charge in [0.1, 0.15) is 11.3 Å². The molecule has 5 nitrogen and oxygen atoms in total. The average molecular weight is 344 g/mol. The van der Waals surface area contributed by atoms with Gasteiger partial charge in [0.25, 0.3) is 0 Å². The van der Waals surface area contributed by atoms with Crippen molar-refractivity contribution >= 4 is 5.78 Å². The van der Waals surface area contributed by atoms with E-state index in [4.69, 9.17) is 15.2 Å². The largest absolute Gasteiger partial charge is 0.376 e. The summed E-state index contributed by atoms with van der Waals surface area (Å²) in [4.78, 5) is 11.8. The number of nitrogens with two attached hydrogens (primary N) is 1. The van der Waals surface area contributed by atoms with Crippen molar-refractivity contribution in [3.8, 4) is 0 Å². The molecular formula is C19H37NO4. The zero-order valence-electron chi connectivity index (χ0n) is 16.7. The minimum absolute atomic E-state index is 0.131. The molecule has 0 amide bonds. The van der Waals surface area contributed by atoms with E-state index >= 15 is 0 Å². The predicted octanol–water partition coefficient (Wildman–Crippen LogP) is 3.05. The van der Waals surface area contributed by atoms with E-state index in [-0.39, 0.29) is 17.1 Å². The second-order valence-electron chi connectivity index (χ2n) is 8.48. The average Bonchev–Trinajstić information content (AvgIpc) is 2.41. The van der Waals surface area contributed by atoms with E-state index in [0.29, 0.717) is 19.6 Å². The number of ether oxygens (including phenoxy) is 2. The fourth-order valence-electron chi connectivity index (χ4n) is 2.15. The number of rotatable bonds is 11. The maximum atomic E-state index is 11.8. The molecule has 0 spiro atoms. The highest BCUT2D eigenvalue weighted by Gasteiger charge is 2.43. The van der Waals surface area contributed by atoms with Crippen LogP contribution in [0.2, 0.25) is 0 Å². The number of carbonyl (C=O) groups is 1. The Kier molecular flexibility index (Phi) is 7.83. The lowest BCUT2D eigenvalue weighted by molar-refractivity contribution is -0.154. The SMILES string of the molecule is C=CC(=O)C(C)(C)OCC(C)C(C)(C)C(C)(C)OCCC(C)(N)O. The normalized spacial score (nSPS) is 17.2. The van der Waals surface area contributed by atoms with Crippen LogP contribution in [-0.2, 0) is 14.3 Å². The highest BCUT2D eigenvalue weighted by molar-refractivity contribution is 5.95. The molecule has 0 heterocycles. The Hall–Kier alpha value is -0.750. The van der Waals surface area contributed by atoms with Gasteiger partial charge in [0.05, 0.1) is 18.8 Å². The van der Waals surface area contributed by atoms with Crippen LogP contribution in [0.25, 0.3) is 0 Å². The third-order valence-corrected chi connectivity index (χ3v) is 5.33. The van der Waals surface area contributed by atoms with E-state index in [2.05, 4.69) is 27.4 Å². The Morgan fingerprint density at radius 1 is 1.17 bits per heavy atom. The standard InChI is InChI=1S/C19H37NO4/c1-10-15(21)17(5,6)24-13-14(2)16(3,4)18(7,8)23-12-11-19(9,20)22/h10,14,22H,1,11-13,20H2,2-9H3. The highest BCUT2D eigenvalue weighted by Crippen LogP contribution is 2.41. The van der Waals surface area contributed by atoms with Gasteiger partial charge < -0.3 is 20.3 Å². The summed E-state index contributed by atoms with van der Waals surface area (Å²) in [6.45, 7) is 19.7. The Bertz CT molecular complexity index is 433. The Morgan fingerprint density at radius 2 is 1.67 bits per heavy atom. The van der Waals surface area contributed by atoms with Gasteiger partial charge in [0.15, 0.2) is 5.78 Å². The molecule has 24 heavy (non-hydrogen) atoms. The van der Waals surface area contributed by atoms with Gasteiger partial charge in [-0.2, -0.15) is 0 Å². The summed E-state index contributed by atoms with van der Waals surface area (Å²) >= 11 is 0. The summed E-state index contributed by atoms with van der Waals surface area (Å²) in [5, 5.41) is 9.61. The van der Waals surface area contributed by atoms with E-state index in [1.165, 1.54) is 6.08 Å². The second kappa shape index (κ2) is 8.09. The maximum absolute atomic E-state index is 11.8. The zero-order valence-corrected chi connectivity index (χ0v) is 16.7. The van der Waals surface area contributed by atoms with E-state index in [0.717, 1.165) is 0 Å². The molecule has 0 aliphatic carbocycles.